The van der Waals surface area contributed by atoms with Crippen molar-refractivity contribution in [2.75, 3.05) is 27.2 Å². The molecule has 2 aromatic heterocycles. The summed E-state index contributed by atoms with van der Waals surface area (Å²) in [7, 11) is 4.09. The van der Waals surface area contributed by atoms with Crippen molar-refractivity contribution in [2.24, 2.45) is 0 Å². The van der Waals surface area contributed by atoms with Gasteiger partial charge in [0.2, 0.25) is 0 Å². The van der Waals surface area contributed by atoms with Crippen LogP contribution in [-0.2, 0) is 0 Å². The van der Waals surface area contributed by atoms with E-state index in [0.717, 1.165) is 31.6 Å². The van der Waals surface area contributed by atoms with E-state index in [0.29, 0.717) is 33.8 Å². The highest BCUT2D eigenvalue weighted by Gasteiger charge is 2.25. The number of hydrogen-bond acceptors (Lipinski definition) is 5. The summed E-state index contributed by atoms with van der Waals surface area (Å²) in [5, 5.41) is 8.98. The van der Waals surface area contributed by atoms with Crippen LogP contribution in [0.25, 0.3) is 27.8 Å². The van der Waals surface area contributed by atoms with Gasteiger partial charge in [-0.25, -0.2) is 9.07 Å². The molecule has 0 unspecified atom stereocenters. The highest BCUT2D eigenvalue weighted by Crippen LogP contribution is 2.21. The van der Waals surface area contributed by atoms with Gasteiger partial charge in [-0.1, -0.05) is 5.21 Å². The van der Waals surface area contributed by atoms with Crippen LogP contribution >= 0.6 is 0 Å². The van der Waals surface area contributed by atoms with Gasteiger partial charge in [-0.2, -0.15) is 0 Å². The standard InChI is InChI=1S/C25H25FN6O2/c1-30(2)20-4-3-11-31(14-20)25(34)16-6-9-19(10-7-16)32-15-23(28-29-32)21-12-17-5-8-18(26)13-22(17)27-24(21)33/h5-10,12-13,15,20H,3-4,11,14H2,1-2H3,(H,27,33)/t20-/m0/s1. The lowest BCUT2D eigenvalue weighted by Gasteiger charge is -2.36. The van der Waals surface area contributed by atoms with Crippen LogP contribution in [0.4, 0.5) is 4.39 Å². The molecule has 8 nitrogen and oxygen atoms in total. The number of piperidine rings is 1. The van der Waals surface area contributed by atoms with E-state index >= 15 is 0 Å². The van der Waals surface area contributed by atoms with Gasteiger partial charge in [-0.15, -0.1) is 5.10 Å². The van der Waals surface area contributed by atoms with E-state index in [-0.39, 0.29) is 11.5 Å². The van der Waals surface area contributed by atoms with Gasteiger partial charge in [0.15, 0.2) is 0 Å². The zero-order chi connectivity index (χ0) is 23.8. The maximum atomic E-state index is 13.4. The summed E-state index contributed by atoms with van der Waals surface area (Å²) in [6, 6.07) is 13.5. The molecule has 1 saturated heterocycles. The van der Waals surface area contributed by atoms with Crippen molar-refractivity contribution in [3.63, 3.8) is 0 Å². The average Bonchev–Trinajstić information content (AvgIpc) is 3.33. The van der Waals surface area contributed by atoms with E-state index in [4.69, 9.17) is 0 Å². The molecular formula is C25H25FN6O2. The molecule has 0 radical (unpaired) electrons. The summed E-state index contributed by atoms with van der Waals surface area (Å²) in [5.41, 5.74) is 2.14. The van der Waals surface area contributed by atoms with E-state index in [1.165, 1.54) is 12.1 Å². The fourth-order valence-corrected chi connectivity index (χ4v) is 4.38. The third-order valence-electron chi connectivity index (χ3n) is 6.37. The smallest absolute Gasteiger partial charge is 0.258 e. The van der Waals surface area contributed by atoms with Crippen molar-refractivity contribution < 1.29 is 9.18 Å². The van der Waals surface area contributed by atoms with Crippen LogP contribution < -0.4 is 5.56 Å². The molecule has 1 aliphatic heterocycles. The molecule has 4 aromatic rings. The zero-order valence-electron chi connectivity index (χ0n) is 19.0. The number of amides is 1. The van der Waals surface area contributed by atoms with Gasteiger partial charge < -0.3 is 14.8 Å². The molecule has 0 saturated carbocycles. The van der Waals surface area contributed by atoms with Crippen LogP contribution in [0, 0.1) is 5.82 Å². The summed E-state index contributed by atoms with van der Waals surface area (Å²) in [6.45, 7) is 1.50. The molecular weight excluding hydrogens is 435 g/mol. The molecule has 1 aliphatic rings. The fourth-order valence-electron chi connectivity index (χ4n) is 4.38. The molecule has 0 aliphatic carbocycles. The first-order valence-electron chi connectivity index (χ1n) is 11.2. The van der Waals surface area contributed by atoms with E-state index in [1.807, 2.05) is 31.1 Å². The number of carbonyl (C=O) groups excluding carboxylic acids is 1. The number of pyridine rings is 1. The predicted octanol–water partition coefficient (Wildman–Crippen LogP) is 3.08. The molecule has 34 heavy (non-hydrogen) atoms. The van der Waals surface area contributed by atoms with E-state index in [1.54, 1.807) is 35.1 Å². The number of H-pyrrole nitrogens is 1. The van der Waals surface area contributed by atoms with Crippen molar-refractivity contribution in [1.82, 2.24) is 29.8 Å². The predicted molar refractivity (Wildman–Crippen MR) is 127 cm³/mol. The van der Waals surface area contributed by atoms with Crippen LogP contribution in [-0.4, -0.2) is 68.9 Å². The number of fused-ring (bicyclic) bond motifs is 1. The second-order valence-corrected chi connectivity index (χ2v) is 8.85. The Bertz CT molecular complexity index is 1410. The highest BCUT2D eigenvalue weighted by molar-refractivity contribution is 5.94. The largest absolute Gasteiger partial charge is 0.337 e. The Hall–Kier alpha value is -3.85. The lowest BCUT2D eigenvalue weighted by Crippen LogP contribution is -2.47. The van der Waals surface area contributed by atoms with Crippen molar-refractivity contribution in [2.45, 2.75) is 18.9 Å². The molecule has 0 spiro atoms. The first kappa shape index (κ1) is 22.0. The Balaban J connectivity index is 1.36. The summed E-state index contributed by atoms with van der Waals surface area (Å²) in [5.74, 6) is -0.391. The lowest BCUT2D eigenvalue weighted by atomic mass is 10.0. The highest BCUT2D eigenvalue weighted by atomic mass is 19.1. The Morgan fingerprint density at radius 1 is 1.15 bits per heavy atom. The number of likely N-dealkylation sites (N-methyl/N-ethyl adjacent to an activating group) is 1. The fraction of sp³-hybridized carbons (Fsp3) is 0.280. The Labute approximate surface area is 195 Å². The van der Waals surface area contributed by atoms with Crippen LogP contribution in [0.3, 0.4) is 0 Å². The van der Waals surface area contributed by atoms with Crippen LogP contribution in [0.5, 0.6) is 0 Å². The van der Waals surface area contributed by atoms with Crippen molar-refractivity contribution >= 4 is 16.8 Å². The molecule has 1 N–H and O–H groups in total. The second-order valence-electron chi connectivity index (χ2n) is 8.85. The molecule has 0 bridgehead atoms. The number of benzene rings is 2. The van der Waals surface area contributed by atoms with Gasteiger partial charge in [0.1, 0.15) is 11.5 Å². The zero-order valence-corrected chi connectivity index (χ0v) is 19.0. The third-order valence-corrected chi connectivity index (χ3v) is 6.37. The summed E-state index contributed by atoms with van der Waals surface area (Å²) < 4.78 is 15.0. The maximum Gasteiger partial charge on any atom is 0.258 e. The second kappa shape index (κ2) is 8.83. The van der Waals surface area contributed by atoms with Gasteiger partial charge in [-0.05, 0) is 80.9 Å². The van der Waals surface area contributed by atoms with Crippen LogP contribution in [0.1, 0.15) is 23.2 Å². The normalized spacial score (nSPS) is 16.4. The van der Waals surface area contributed by atoms with E-state index in [9.17, 15) is 14.0 Å². The van der Waals surface area contributed by atoms with Crippen LogP contribution in [0.15, 0.2) is 59.5 Å². The number of hydrogen-bond donors (Lipinski definition) is 1. The van der Waals surface area contributed by atoms with Gasteiger partial charge in [0.05, 0.1) is 23.0 Å². The molecule has 174 valence electrons. The number of aromatic nitrogens is 4. The number of nitrogens with zero attached hydrogens (tertiary/aromatic N) is 5. The molecule has 9 heteroatoms. The molecule has 5 rings (SSSR count). The Morgan fingerprint density at radius 2 is 1.94 bits per heavy atom. The maximum absolute atomic E-state index is 13.4. The molecule has 3 heterocycles. The Morgan fingerprint density at radius 3 is 2.71 bits per heavy atom. The molecule has 1 fully saturated rings. The number of likely N-dealkylation sites (tertiary alicyclic amines) is 1. The molecule has 1 amide bonds. The molecule has 1 atom stereocenters. The first-order chi connectivity index (χ1) is 16.4. The van der Waals surface area contributed by atoms with Crippen molar-refractivity contribution in [1.29, 1.82) is 0 Å². The quantitative estimate of drug-likeness (QED) is 0.506. The number of rotatable bonds is 4. The number of halogens is 1. The topological polar surface area (TPSA) is 87.1 Å². The van der Waals surface area contributed by atoms with Crippen LogP contribution in [0.2, 0.25) is 0 Å². The minimum atomic E-state index is -0.415. The lowest BCUT2D eigenvalue weighted by molar-refractivity contribution is 0.0635. The average molecular weight is 461 g/mol. The Kier molecular flexibility index (Phi) is 5.70. The minimum Gasteiger partial charge on any atom is -0.337 e. The van der Waals surface area contributed by atoms with Gasteiger partial charge in [-0.3, -0.25) is 9.59 Å². The first-order valence-corrected chi connectivity index (χ1v) is 11.2. The van der Waals surface area contributed by atoms with Gasteiger partial charge in [0, 0.05) is 24.7 Å². The van der Waals surface area contributed by atoms with Gasteiger partial charge in [0.25, 0.3) is 11.5 Å². The van der Waals surface area contributed by atoms with Crippen molar-refractivity contribution in [3.05, 3.63) is 76.5 Å². The summed E-state index contributed by atoms with van der Waals surface area (Å²) in [4.78, 5) is 32.3. The number of nitrogens with one attached hydrogen (secondary N) is 1. The number of aromatic amines is 1. The van der Waals surface area contributed by atoms with Crippen molar-refractivity contribution in [3.8, 4) is 16.9 Å². The summed E-state index contributed by atoms with van der Waals surface area (Å²) in [6.07, 6.45) is 3.75. The SMILES string of the molecule is CN(C)[C@H]1CCCN(C(=O)c2ccc(-n3cc(-c4cc5ccc(F)cc5[nH]c4=O)nn3)cc2)C1. The minimum absolute atomic E-state index is 0.0245. The van der Waals surface area contributed by atoms with Gasteiger partial charge >= 0.3 is 0 Å². The van der Waals surface area contributed by atoms with E-state index in [2.05, 4.69) is 20.2 Å². The number of carbonyl (C=O) groups is 1. The van der Waals surface area contributed by atoms with E-state index < -0.39 is 5.82 Å². The third kappa shape index (κ3) is 4.22. The molecule has 2 aromatic carbocycles. The summed E-state index contributed by atoms with van der Waals surface area (Å²) >= 11 is 0. The monoisotopic (exact) mass is 460 g/mol.